The maximum absolute atomic E-state index is 7.28. The fourth-order valence-corrected chi connectivity index (χ4v) is 0. The van der Waals surface area contributed by atoms with Crippen LogP contribution in [0.15, 0.2) is 13.2 Å². The van der Waals surface area contributed by atoms with Gasteiger partial charge in [0.25, 0.3) is 0 Å². The van der Waals surface area contributed by atoms with Crippen molar-refractivity contribution in [3.63, 3.8) is 0 Å². The molecule has 0 N–H and O–H groups in total. The Hall–Kier alpha value is -0.780. The minimum Gasteiger partial charge on any atom is -0.194 e. The Labute approximate surface area is 115 Å². The molecule has 0 aliphatic carbocycles. The SMILES string of the molecule is C#C.C=C.CC.CC.CC.CCCC.N#CP. The molecule has 0 aliphatic heterocycles. The molecular formula is C15H36NP. The van der Waals surface area contributed by atoms with E-state index in [0.29, 0.717) is 0 Å². The lowest BCUT2D eigenvalue weighted by atomic mass is 10.4. The zero-order valence-electron chi connectivity index (χ0n) is 13.5. The van der Waals surface area contributed by atoms with Gasteiger partial charge in [-0.05, 0) is 9.24 Å². The molecule has 1 unspecified atom stereocenters. The second kappa shape index (κ2) is 624. The average molecular weight is 261 g/mol. The van der Waals surface area contributed by atoms with Crippen LogP contribution in [0.25, 0.3) is 0 Å². The van der Waals surface area contributed by atoms with Crippen LogP contribution in [-0.2, 0) is 0 Å². The van der Waals surface area contributed by atoms with Crippen LogP contribution < -0.4 is 0 Å². The third-order valence-corrected chi connectivity index (χ3v) is 0.500. The van der Waals surface area contributed by atoms with Crippen molar-refractivity contribution in [2.45, 2.75) is 68.2 Å². The Morgan fingerprint density at radius 1 is 0.882 bits per heavy atom. The second-order valence-electron chi connectivity index (χ2n) is 1.13. The van der Waals surface area contributed by atoms with Crippen LogP contribution in [0, 0.1) is 23.9 Å². The molecule has 0 fully saturated rings. The number of nitrogens with zero attached hydrogens (tertiary/aromatic N) is 1. The lowest BCUT2D eigenvalue weighted by Crippen LogP contribution is -1.47. The van der Waals surface area contributed by atoms with E-state index in [1.165, 1.54) is 12.8 Å². The monoisotopic (exact) mass is 261 g/mol. The minimum absolute atomic E-state index is 1.32. The molecule has 0 aromatic rings. The van der Waals surface area contributed by atoms with Gasteiger partial charge in [-0.3, -0.25) is 0 Å². The van der Waals surface area contributed by atoms with E-state index in [2.05, 4.69) is 39.9 Å². The molecule has 17 heavy (non-hydrogen) atoms. The van der Waals surface area contributed by atoms with Crippen LogP contribution in [0.2, 0.25) is 0 Å². The Morgan fingerprint density at radius 2 is 0.941 bits per heavy atom. The summed E-state index contributed by atoms with van der Waals surface area (Å²) >= 11 is 0. The Balaban J connectivity index is -0.0000000141. The summed E-state index contributed by atoms with van der Waals surface area (Å²) in [5.41, 5.74) is 0. The molecular weight excluding hydrogens is 225 g/mol. The minimum atomic E-state index is 1.32. The van der Waals surface area contributed by atoms with Gasteiger partial charge < -0.3 is 0 Å². The van der Waals surface area contributed by atoms with Gasteiger partial charge in [0.15, 0.2) is 0 Å². The highest BCUT2D eigenvalue weighted by atomic mass is 31.0. The predicted octanol–water partition coefficient (Wildman–Crippen LogP) is 6.28. The summed E-state index contributed by atoms with van der Waals surface area (Å²) < 4.78 is 0. The van der Waals surface area contributed by atoms with Crippen molar-refractivity contribution in [1.29, 1.82) is 5.26 Å². The van der Waals surface area contributed by atoms with Gasteiger partial charge in [-0.2, -0.15) is 5.26 Å². The molecule has 0 amide bonds. The lowest BCUT2D eigenvalue weighted by Gasteiger charge is -1.68. The number of rotatable bonds is 1. The molecule has 0 aromatic carbocycles. The van der Waals surface area contributed by atoms with E-state index in [-0.39, 0.29) is 0 Å². The summed E-state index contributed by atoms with van der Waals surface area (Å²) in [5, 5.41) is 7.28. The van der Waals surface area contributed by atoms with Gasteiger partial charge in [0.05, 0.1) is 5.81 Å². The third-order valence-electron chi connectivity index (χ3n) is 0.500. The van der Waals surface area contributed by atoms with Crippen LogP contribution in [-0.4, -0.2) is 0 Å². The Morgan fingerprint density at radius 3 is 0.941 bits per heavy atom. The van der Waals surface area contributed by atoms with E-state index in [9.17, 15) is 0 Å². The Bertz CT molecular complexity index is 80.7. The Kier molecular flexibility index (Phi) is 1620. The maximum atomic E-state index is 7.28. The van der Waals surface area contributed by atoms with Gasteiger partial charge in [0, 0.05) is 0 Å². The predicted molar refractivity (Wildman–Crippen MR) is 91.1 cm³/mol. The molecule has 106 valence electrons. The smallest absolute Gasteiger partial charge is 0.0804 e. The number of hydrogen-bond acceptors (Lipinski definition) is 1. The van der Waals surface area contributed by atoms with E-state index < -0.39 is 0 Å². The molecule has 0 aliphatic rings. The van der Waals surface area contributed by atoms with Crippen molar-refractivity contribution < 1.29 is 0 Å². The van der Waals surface area contributed by atoms with Gasteiger partial charge in [-0.1, -0.05) is 68.2 Å². The molecule has 0 aromatic heterocycles. The molecule has 0 rings (SSSR count). The second-order valence-corrected chi connectivity index (χ2v) is 1.39. The van der Waals surface area contributed by atoms with Crippen LogP contribution in [0.3, 0.4) is 0 Å². The zero-order chi connectivity index (χ0) is 16.1. The standard InChI is InChI=1S/C4H10.3C2H6.C2H4.C2H2.CH2NP/c1-3-4-2;5*1-2;2-1-3/h3-4H2,1-2H3;3*1-2H3;1-2H2;1-2H;3H2. The summed E-state index contributed by atoms with van der Waals surface area (Å²) in [4.78, 5) is 0. The molecule has 0 radical (unpaired) electrons. The molecule has 0 spiro atoms. The summed E-state index contributed by atoms with van der Waals surface area (Å²) in [7, 11) is 1.88. The lowest BCUT2D eigenvalue weighted by molar-refractivity contribution is 0.886. The summed E-state index contributed by atoms with van der Waals surface area (Å²) in [6.45, 7) is 22.4. The zero-order valence-corrected chi connectivity index (χ0v) is 14.7. The van der Waals surface area contributed by atoms with E-state index in [1.807, 2.05) is 50.8 Å². The first kappa shape index (κ1) is 44.2. The summed E-state index contributed by atoms with van der Waals surface area (Å²) in [5.74, 6) is 1.67. The van der Waals surface area contributed by atoms with Crippen molar-refractivity contribution in [2.24, 2.45) is 0 Å². The van der Waals surface area contributed by atoms with Crippen LogP contribution in [0.4, 0.5) is 0 Å². The van der Waals surface area contributed by atoms with E-state index >= 15 is 0 Å². The van der Waals surface area contributed by atoms with Crippen LogP contribution in [0.1, 0.15) is 68.2 Å². The summed E-state index contributed by atoms with van der Waals surface area (Å²) in [6.07, 6.45) is 10.6. The molecule has 0 heterocycles. The van der Waals surface area contributed by atoms with Crippen molar-refractivity contribution in [1.82, 2.24) is 0 Å². The van der Waals surface area contributed by atoms with E-state index in [4.69, 9.17) is 5.26 Å². The number of nitriles is 1. The van der Waals surface area contributed by atoms with Gasteiger partial charge in [-0.15, -0.1) is 26.0 Å². The average Bonchev–Trinajstić information content (AvgIpc) is 2.50. The summed E-state index contributed by atoms with van der Waals surface area (Å²) in [6, 6.07) is 0. The van der Waals surface area contributed by atoms with Crippen molar-refractivity contribution in [3.05, 3.63) is 13.2 Å². The number of unbranched alkanes of at least 4 members (excludes halogenated alkanes) is 1. The quantitative estimate of drug-likeness (QED) is 0.309. The van der Waals surface area contributed by atoms with E-state index in [1.54, 1.807) is 5.81 Å². The highest BCUT2D eigenvalue weighted by Gasteiger charge is 1.56. The maximum Gasteiger partial charge on any atom is 0.0804 e. The first-order chi connectivity index (χ1) is 8.33. The number of terminal acetylenes is 1. The number of hydrogen-bond donors (Lipinski definition) is 0. The van der Waals surface area contributed by atoms with E-state index in [0.717, 1.165) is 0 Å². The van der Waals surface area contributed by atoms with Crippen molar-refractivity contribution >= 4 is 9.24 Å². The molecule has 1 nitrogen and oxygen atoms in total. The van der Waals surface area contributed by atoms with Gasteiger partial charge in [0.2, 0.25) is 0 Å². The largest absolute Gasteiger partial charge is 0.194 e. The first-order valence-corrected chi connectivity index (χ1v) is 6.84. The molecule has 2 heteroatoms. The van der Waals surface area contributed by atoms with Crippen LogP contribution in [0.5, 0.6) is 0 Å². The van der Waals surface area contributed by atoms with Gasteiger partial charge >= 0.3 is 0 Å². The topological polar surface area (TPSA) is 23.8 Å². The highest BCUT2D eigenvalue weighted by molar-refractivity contribution is 7.23. The normalized spacial score (nSPS) is 3.65. The highest BCUT2D eigenvalue weighted by Crippen LogP contribution is 1.76. The third kappa shape index (κ3) is 55000. The van der Waals surface area contributed by atoms with Gasteiger partial charge in [0.1, 0.15) is 0 Å². The molecule has 0 saturated heterocycles. The van der Waals surface area contributed by atoms with Crippen molar-refractivity contribution in [2.75, 3.05) is 0 Å². The fraction of sp³-hybridized carbons (Fsp3) is 0.667. The molecule has 1 atom stereocenters. The van der Waals surface area contributed by atoms with Crippen molar-refractivity contribution in [3.8, 4) is 18.7 Å². The van der Waals surface area contributed by atoms with Gasteiger partial charge in [-0.25, -0.2) is 0 Å². The first-order valence-electron chi connectivity index (χ1n) is 6.26. The molecule has 0 bridgehead atoms. The fourth-order valence-electron chi connectivity index (χ4n) is 0. The van der Waals surface area contributed by atoms with Crippen LogP contribution >= 0.6 is 9.24 Å². The molecule has 0 saturated carbocycles.